The summed E-state index contributed by atoms with van der Waals surface area (Å²) in [5, 5.41) is 9.32. The molecule has 3 N–H and O–H groups in total. The summed E-state index contributed by atoms with van der Waals surface area (Å²) in [6.45, 7) is 0.770. The Morgan fingerprint density at radius 1 is 1.50 bits per heavy atom. The molecule has 0 aliphatic carbocycles. The zero-order valence-electron chi connectivity index (χ0n) is 9.03. The van der Waals surface area contributed by atoms with Gasteiger partial charge in [0.05, 0.1) is 12.1 Å². The topological polar surface area (TPSA) is 55.5 Å². The summed E-state index contributed by atoms with van der Waals surface area (Å²) in [5.41, 5.74) is 5.72. The van der Waals surface area contributed by atoms with Crippen LogP contribution >= 0.6 is 0 Å². The molecule has 0 bridgehead atoms. The van der Waals surface area contributed by atoms with E-state index >= 15 is 0 Å². The van der Waals surface area contributed by atoms with Crippen molar-refractivity contribution in [2.24, 2.45) is 11.7 Å². The predicted molar refractivity (Wildman–Crippen MR) is 58.3 cm³/mol. The lowest BCUT2D eigenvalue weighted by Gasteiger charge is -2.40. The first-order chi connectivity index (χ1) is 7.68. The molecule has 1 saturated heterocycles. The average Bonchev–Trinajstić information content (AvgIpc) is 2.30. The molecular weight excluding hydrogens is 209 g/mol. The molecule has 4 heteroatoms. The van der Waals surface area contributed by atoms with Crippen LogP contribution in [0.2, 0.25) is 0 Å². The van der Waals surface area contributed by atoms with Crippen LogP contribution in [-0.2, 0) is 10.3 Å². The van der Waals surface area contributed by atoms with Gasteiger partial charge in [0, 0.05) is 24.7 Å². The Bertz CT molecular complexity index is 372. The Balaban J connectivity index is 2.39. The van der Waals surface area contributed by atoms with Crippen LogP contribution in [0, 0.1) is 11.7 Å². The van der Waals surface area contributed by atoms with E-state index in [1.54, 1.807) is 18.2 Å². The van der Waals surface area contributed by atoms with Gasteiger partial charge in [0.25, 0.3) is 0 Å². The van der Waals surface area contributed by atoms with Crippen LogP contribution in [0.3, 0.4) is 0 Å². The van der Waals surface area contributed by atoms with Gasteiger partial charge < -0.3 is 15.6 Å². The third-order valence-corrected chi connectivity index (χ3v) is 3.28. The molecule has 1 aromatic rings. The highest BCUT2D eigenvalue weighted by Crippen LogP contribution is 2.34. The van der Waals surface area contributed by atoms with Crippen molar-refractivity contribution >= 4 is 0 Å². The number of rotatable bonds is 2. The van der Waals surface area contributed by atoms with Gasteiger partial charge in [0.2, 0.25) is 0 Å². The summed E-state index contributed by atoms with van der Waals surface area (Å²) in [7, 11) is 0. The first kappa shape index (κ1) is 11.5. The highest BCUT2D eigenvalue weighted by molar-refractivity contribution is 5.27. The van der Waals surface area contributed by atoms with Gasteiger partial charge in [0.15, 0.2) is 0 Å². The average molecular weight is 225 g/mol. The number of aliphatic hydroxyl groups is 1. The van der Waals surface area contributed by atoms with Crippen molar-refractivity contribution in [1.29, 1.82) is 0 Å². The fourth-order valence-corrected chi connectivity index (χ4v) is 2.23. The number of halogens is 1. The number of ether oxygens (including phenoxy) is 1. The van der Waals surface area contributed by atoms with Gasteiger partial charge >= 0.3 is 0 Å². The van der Waals surface area contributed by atoms with Crippen LogP contribution < -0.4 is 5.73 Å². The Kier molecular flexibility index (Phi) is 3.23. The summed E-state index contributed by atoms with van der Waals surface area (Å²) in [6, 6.07) is 6.41. The monoisotopic (exact) mass is 225 g/mol. The van der Waals surface area contributed by atoms with Gasteiger partial charge in [-0.05, 0) is 12.5 Å². The van der Waals surface area contributed by atoms with E-state index in [1.165, 1.54) is 6.07 Å². The Hall–Kier alpha value is -0.970. The minimum absolute atomic E-state index is 0.0474. The number of nitrogens with two attached hydrogens (primary N) is 1. The Labute approximate surface area is 94.0 Å². The molecule has 16 heavy (non-hydrogen) atoms. The smallest absolute Gasteiger partial charge is 0.128 e. The summed E-state index contributed by atoms with van der Waals surface area (Å²) in [6.07, 6.45) is 0.654. The minimum atomic E-state index is -0.918. The van der Waals surface area contributed by atoms with E-state index < -0.39 is 5.54 Å². The zero-order valence-corrected chi connectivity index (χ0v) is 9.03. The molecule has 2 rings (SSSR count). The Morgan fingerprint density at radius 2 is 2.25 bits per heavy atom. The van der Waals surface area contributed by atoms with Crippen LogP contribution in [0.15, 0.2) is 24.3 Å². The standard InChI is InChI=1S/C12H16FNO2/c13-11-4-2-1-3-10(11)12(14)8-16-6-5-9(12)7-15/h1-4,9,15H,5-8,14H2. The molecule has 1 fully saturated rings. The van der Waals surface area contributed by atoms with E-state index in [9.17, 15) is 9.50 Å². The van der Waals surface area contributed by atoms with E-state index in [0.29, 0.717) is 18.6 Å². The molecule has 2 atom stereocenters. The number of hydrogen-bond acceptors (Lipinski definition) is 3. The van der Waals surface area contributed by atoms with E-state index in [1.807, 2.05) is 0 Å². The summed E-state index contributed by atoms with van der Waals surface area (Å²) >= 11 is 0. The van der Waals surface area contributed by atoms with Crippen molar-refractivity contribution < 1.29 is 14.2 Å². The molecule has 1 aromatic carbocycles. The fraction of sp³-hybridized carbons (Fsp3) is 0.500. The maximum absolute atomic E-state index is 13.7. The molecule has 0 amide bonds. The maximum atomic E-state index is 13.7. The molecule has 1 aliphatic rings. The third kappa shape index (κ3) is 1.84. The van der Waals surface area contributed by atoms with Gasteiger partial charge in [0.1, 0.15) is 5.82 Å². The summed E-state index contributed by atoms with van der Waals surface area (Å²) in [4.78, 5) is 0. The minimum Gasteiger partial charge on any atom is -0.396 e. The molecule has 0 radical (unpaired) electrons. The van der Waals surface area contributed by atoms with Gasteiger partial charge in [-0.2, -0.15) is 0 Å². The molecular formula is C12H16FNO2. The van der Waals surface area contributed by atoms with Crippen molar-refractivity contribution in [3.63, 3.8) is 0 Å². The van der Waals surface area contributed by atoms with Crippen LogP contribution in [0.4, 0.5) is 4.39 Å². The van der Waals surface area contributed by atoms with E-state index in [-0.39, 0.29) is 24.9 Å². The number of aliphatic hydroxyl groups excluding tert-OH is 1. The largest absolute Gasteiger partial charge is 0.396 e. The summed E-state index contributed by atoms with van der Waals surface area (Å²) < 4.78 is 19.0. The molecule has 2 unspecified atom stereocenters. The molecule has 0 saturated carbocycles. The fourth-order valence-electron chi connectivity index (χ4n) is 2.23. The van der Waals surface area contributed by atoms with E-state index in [4.69, 9.17) is 10.5 Å². The highest BCUT2D eigenvalue weighted by atomic mass is 19.1. The predicted octanol–water partition coefficient (Wildman–Crippen LogP) is 1.01. The number of benzene rings is 1. The first-order valence-corrected chi connectivity index (χ1v) is 5.41. The van der Waals surface area contributed by atoms with Crippen molar-refractivity contribution in [2.75, 3.05) is 19.8 Å². The van der Waals surface area contributed by atoms with E-state index in [2.05, 4.69) is 0 Å². The molecule has 0 spiro atoms. The molecule has 1 heterocycles. The third-order valence-electron chi connectivity index (χ3n) is 3.28. The molecule has 88 valence electrons. The van der Waals surface area contributed by atoms with Crippen molar-refractivity contribution in [3.8, 4) is 0 Å². The number of hydrogen-bond donors (Lipinski definition) is 2. The van der Waals surface area contributed by atoms with Gasteiger partial charge in [-0.3, -0.25) is 0 Å². The normalized spacial score (nSPS) is 30.3. The Morgan fingerprint density at radius 3 is 2.94 bits per heavy atom. The lowest BCUT2D eigenvalue weighted by Crippen LogP contribution is -2.53. The lowest BCUT2D eigenvalue weighted by atomic mass is 9.76. The zero-order chi connectivity index (χ0) is 11.6. The highest BCUT2D eigenvalue weighted by Gasteiger charge is 2.40. The molecule has 1 aliphatic heterocycles. The maximum Gasteiger partial charge on any atom is 0.128 e. The van der Waals surface area contributed by atoms with Crippen molar-refractivity contribution in [3.05, 3.63) is 35.6 Å². The van der Waals surface area contributed by atoms with Crippen molar-refractivity contribution in [1.82, 2.24) is 0 Å². The molecule has 0 aromatic heterocycles. The van der Waals surface area contributed by atoms with Gasteiger partial charge in [-0.1, -0.05) is 18.2 Å². The first-order valence-electron chi connectivity index (χ1n) is 5.41. The summed E-state index contributed by atoms with van der Waals surface area (Å²) in [5.74, 6) is -0.493. The van der Waals surface area contributed by atoms with Gasteiger partial charge in [-0.25, -0.2) is 4.39 Å². The van der Waals surface area contributed by atoms with Crippen LogP contribution in [0.5, 0.6) is 0 Å². The second-order valence-electron chi connectivity index (χ2n) is 4.24. The molecule has 3 nitrogen and oxygen atoms in total. The van der Waals surface area contributed by atoms with Crippen LogP contribution in [-0.4, -0.2) is 24.9 Å². The quantitative estimate of drug-likeness (QED) is 0.789. The van der Waals surface area contributed by atoms with Gasteiger partial charge in [-0.15, -0.1) is 0 Å². The SMILES string of the molecule is NC1(c2ccccc2F)COCCC1CO. The van der Waals surface area contributed by atoms with E-state index in [0.717, 1.165) is 0 Å². The second kappa shape index (κ2) is 4.49. The van der Waals surface area contributed by atoms with Crippen LogP contribution in [0.25, 0.3) is 0 Å². The second-order valence-corrected chi connectivity index (χ2v) is 4.24. The lowest BCUT2D eigenvalue weighted by molar-refractivity contribution is -0.0243. The van der Waals surface area contributed by atoms with Crippen molar-refractivity contribution in [2.45, 2.75) is 12.0 Å². The van der Waals surface area contributed by atoms with Crippen LogP contribution in [0.1, 0.15) is 12.0 Å².